The van der Waals surface area contributed by atoms with Crippen molar-refractivity contribution in [3.63, 3.8) is 0 Å². The lowest BCUT2D eigenvalue weighted by Crippen LogP contribution is -2.15. The highest BCUT2D eigenvalue weighted by molar-refractivity contribution is 7.91. The van der Waals surface area contributed by atoms with Crippen LogP contribution < -0.4 is 5.43 Å². The Bertz CT molecular complexity index is 243. The van der Waals surface area contributed by atoms with Gasteiger partial charge in [0, 0.05) is 12.3 Å². The summed E-state index contributed by atoms with van der Waals surface area (Å²) in [6.07, 6.45) is 14.7. The Labute approximate surface area is 102 Å². The number of allylic oxidation sites excluding steroid dienone is 2. The molecule has 1 aliphatic carbocycles. The van der Waals surface area contributed by atoms with Gasteiger partial charge in [0.25, 0.3) is 0 Å². The third kappa shape index (κ3) is 4.02. The summed E-state index contributed by atoms with van der Waals surface area (Å²) >= 11 is 0. The Hall–Kier alpha value is -0.150. The van der Waals surface area contributed by atoms with Crippen molar-refractivity contribution >= 4 is 10.7 Å². The van der Waals surface area contributed by atoms with E-state index >= 15 is 0 Å². The predicted molar refractivity (Wildman–Crippen MR) is 72.3 cm³/mol. The van der Waals surface area contributed by atoms with Crippen molar-refractivity contribution in [3.8, 4) is 0 Å². The smallest absolute Gasteiger partial charge is 0.0175 e. The molecular formula is C13H24N2S. The van der Waals surface area contributed by atoms with E-state index in [1.54, 1.807) is 4.91 Å². The molecule has 1 N–H and O–H groups in total. The third-order valence-electron chi connectivity index (χ3n) is 3.35. The molecular weight excluding hydrogens is 216 g/mol. The van der Waals surface area contributed by atoms with E-state index in [-0.39, 0.29) is 10.7 Å². The van der Waals surface area contributed by atoms with Gasteiger partial charge >= 0.3 is 0 Å². The molecule has 0 aromatic heterocycles. The molecule has 0 saturated carbocycles. The molecule has 1 heterocycles. The van der Waals surface area contributed by atoms with Gasteiger partial charge in [0.2, 0.25) is 0 Å². The Morgan fingerprint density at radius 1 is 1.00 bits per heavy atom. The molecule has 0 fully saturated rings. The van der Waals surface area contributed by atoms with Crippen LogP contribution in [-0.2, 0) is 10.7 Å². The second-order valence-electron chi connectivity index (χ2n) is 4.75. The lowest BCUT2D eigenvalue weighted by Gasteiger charge is -2.17. The molecule has 3 heteroatoms. The summed E-state index contributed by atoms with van der Waals surface area (Å²) < 4.78 is 4.69. The lowest BCUT2D eigenvalue weighted by molar-refractivity contribution is 0.627. The van der Waals surface area contributed by atoms with Gasteiger partial charge < -0.3 is 0 Å². The van der Waals surface area contributed by atoms with Crippen molar-refractivity contribution in [2.24, 2.45) is 4.47 Å². The zero-order valence-corrected chi connectivity index (χ0v) is 11.0. The Balaban J connectivity index is 2.01. The fourth-order valence-electron chi connectivity index (χ4n) is 2.35. The first kappa shape index (κ1) is 12.3. The third-order valence-corrected chi connectivity index (χ3v) is 5.35. The maximum atomic E-state index is 4.69. The second kappa shape index (κ2) is 7.23. The van der Waals surface area contributed by atoms with E-state index in [1.165, 1.54) is 63.5 Å². The van der Waals surface area contributed by atoms with Crippen LogP contribution in [0.3, 0.4) is 0 Å². The summed E-state index contributed by atoms with van der Waals surface area (Å²) in [6, 6.07) is 0. The fraction of sp³-hybridized carbons (Fsp3) is 0.846. The molecule has 16 heavy (non-hydrogen) atoms. The van der Waals surface area contributed by atoms with Gasteiger partial charge in [-0.1, -0.05) is 36.0 Å². The quantitative estimate of drug-likeness (QED) is 0.742. The first-order chi connectivity index (χ1) is 7.97. The molecule has 0 aromatic rings. The average Bonchev–Trinajstić information content (AvgIpc) is 2.18. The Morgan fingerprint density at radius 2 is 1.88 bits per heavy atom. The van der Waals surface area contributed by atoms with E-state index in [0.717, 1.165) is 6.54 Å². The maximum absolute atomic E-state index is 4.69. The van der Waals surface area contributed by atoms with Crippen LogP contribution in [0, 0.1) is 0 Å². The summed E-state index contributed by atoms with van der Waals surface area (Å²) in [6.45, 7) is 1.08. The molecule has 0 spiro atoms. The molecule has 1 atom stereocenters. The van der Waals surface area contributed by atoms with E-state index in [0.29, 0.717) is 0 Å². The van der Waals surface area contributed by atoms with E-state index in [4.69, 9.17) is 0 Å². The molecule has 0 saturated heterocycles. The van der Waals surface area contributed by atoms with Crippen LogP contribution in [0.15, 0.2) is 15.5 Å². The van der Waals surface area contributed by atoms with Crippen LogP contribution in [0.25, 0.3) is 0 Å². The van der Waals surface area contributed by atoms with Crippen molar-refractivity contribution in [3.05, 3.63) is 11.0 Å². The molecule has 2 aliphatic rings. The Morgan fingerprint density at radius 3 is 2.88 bits per heavy atom. The van der Waals surface area contributed by atoms with Gasteiger partial charge in [0.1, 0.15) is 0 Å². The van der Waals surface area contributed by atoms with Crippen LogP contribution in [0.2, 0.25) is 0 Å². The summed E-state index contributed by atoms with van der Waals surface area (Å²) in [5.41, 5.74) is 3.27. The van der Waals surface area contributed by atoms with E-state index in [1.807, 2.05) is 0 Å². The number of hydrogen-bond donors (Lipinski definition) is 1. The van der Waals surface area contributed by atoms with Gasteiger partial charge in [-0.15, -0.1) is 0 Å². The standard InChI is InChI=1S/C13H24N2S/c1-2-5-9-13(10-6-3-1)16-12-8-4-7-11-14-15-16/h9,14H,1-8,10-12H2. The minimum atomic E-state index is 0.197. The maximum Gasteiger partial charge on any atom is 0.0175 e. The molecule has 0 aromatic carbocycles. The largest absolute Gasteiger partial charge is 0.207 e. The van der Waals surface area contributed by atoms with Gasteiger partial charge in [-0.25, -0.2) is 5.43 Å². The zero-order chi connectivity index (χ0) is 11.1. The van der Waals surface area contributed by atoms with Crippen molar-refractivity contribution in [1.82, 2.24) is 5.43 Å². The molecule has 0 bridgehead atoms. The van der Waals surface area contributed by atoms with Crippen molar-refractivity contribution < 1.29 is 0 Å². The van der Waals surface area contributed by atoms with Crippen LogP contribution in [0.1, 0.15) is 57.8 Å². The van der Waals surface area contributed by atoms with Crippen molar-refractivity contribution in [1.29, 1.82) is 0 Å². The van der Waals surface area contributed by atoms with Crippen molar-refractivity contribution in [2.75, 3.05) is 12.3 Å². The lowest BCUT2D eigenvalue weighted by atomic mass is 10.1. The van der Waals surface area contributed by atoms with Crippen LogP contribution in [0.4, 0.5) is 0 Å². The monoisotopic (exact) mass is 240 g/mol. The van der Waals surface area contributed by atoms with Crippen LogP contribution >= 0.6 is 0 Å². The summed E-state index contributed by atoms with van der Waals surface area (Å²) in [5, 5.41) is 0. The highest BCUT2D eigenvalue weighted by Crippen LogP contribution is 2.22. The molecule has 92 valence electrons. The second-order valence-corrected chi connectivity index (χ2v) is 6.60. The van der Waals surface area contributed by atoms with E-state index in [2.05, 4.69) is 16.0 Å². The summed E-state index contributed by atoms with van der Waals surface area (Å²) in [4.78, 5) is 1.65. The van der Waals surface area contributed by atoms with E-state index < -0.39 is 0 Å². The van der Waals surface area contributed by atoms with Gasteiger partial charge in [-0.3, -0.25) is 0 Å². The van der Waals surface area contributed by atoms with Gasteiger partial charge in [0.15, 0.2) is 0 Å². The highest BCUT2D eigenvalue weighted by Gasteiger charge is 2.09. The van der Waals surface area contributed by atoms with Crippen LogP contribution in [-0.4, -0.2) is 12.3 Å². The fourth-order valence-corrected chi connectivity index (χ4v) is 4.24. The molecule has 2 nitrogen and oxygen atoms in total. The molecule has 0 radical (unpaired) electrons. The van der Waals surface area contributed by atoms with Crippen LogP contribution in [0.5, 0.6) is 0 Å². The zero-order valence-electron chi connectivity index (χ0n) is 10.2. The van der Waals surface area contributed by atoms with Gasteiger partial charge in [0.05, 0.1) is 0 Å². The molecule has 2 rings (SSSR count). The number of hydrogen-bond acceptors (Lipinski definition) is 2. The number of nitrogens with one attached hydrogen (secondary N) is 1. The minimum absolute atomic E-state index is 0.197. The first-order valence-corrected chi connectivity index (χ1v) is 8.15. The SMILES string of the molecule is C1=C(S2=NNCCCCC2)CCCCCC1. The van der Waals surface area contributed by atoms with Gasteiger partial charge in [-0.2, -0.15) is 4.47 Å². The van der Waals surface area contributed by atoms with Crippen molar-refractivity contribution in [2.45, 2.75) is 57.8 Å². The number of rotatable bonds is 1. The summed E-state index contributed by atoms with van der Waals surface area (Å²) in [7, 11) is 0.197. The Kier molecular flexibility index (Phi) is 5.56. The normalized spacial score (nSPS) is 29.0. The highest BCUT2D eigenvalue weighted by atomic mass is 32.2. The topological polar surface area (TPSA) is 24.4 Å². The minimum Gasteiger partial charge on any atom is -0.207 e. The molecule has 0 amide bonds. The first-order valence-electron chi connectivity index (χ1n) is 6.80. The van der Waals surface area contributed by atoms with Gasteiger partial charge in [-0.05, 0) is 43.4 Å². The predicted octanol–water partition coefficient (Wildman–Crippen LogP) is 3.71. The summed E-state index contributed by atoms with van der Waals surface area (Å²) in [5.74, 6) is 1.29. The molecule has 1 unspecified atom stereocenters. The molecule has 1 aliphatic heterocycles. The van der Waals surface area contributed by atoms with E-state index in [9.17, 15) is 0 Å². The average molecular weight is 240 g/mol. The number of nitrogens with zero attached hydrogens (tertiary/aromatic N) is 1.